The molecule has 0 aromatic heterocycles. The van der Waals surface area contributed by atoms with E-state index in [0.717, 1.165) is 19.4 Å². The van der Waals surface area contributed by atoms with Gasteiger partial charge in [-0.2, -0.15) is 0 Å². The monoisotopic (exact) mass is 331 g/mol. The van der Waals surface area contributed by atoms with E-state index < -0.39 is 0 Å². The smallest absolute Gasteiger partial charge is 0.310 e. The zero-order valence-corrected chi connectivity index (χ0v) is 15.5. The van der Waals surface area contributed by atoms with E-state index in [1.54, 1.807) is 11.1 Å². The van der Waals surface area contributed by atoms with Gasteiger partial charge in [-0.1, -0.05) is 30.9 Å². The van der Waals surface area contributed by atoms with Crippen molar-refractivity contribution in [1.29, 1.82) is 0 Å². The quantitative estimate of drug-likeness (QED) is 0.557. The summed E-state index contributed by atoms with van der Waals surface area (Å²) >= 11 is 0. The molecule has 2 saturated heterocycles. The minimum absolute atomic E-state index is 0.0924. The summed E-state index contributed by atoms with van der Waals surface area (Å²) in [4.78, 5) is 15.2. The van der Waals surface area contributed by atoms with E-state index in [0.29, 0.717) is 11.3 Å². The number of fused-ring (bicyclic) bond motifs is 2. The summed E-state index contributed by atoms with van der Waals surface area (Å²) in [7, 11) is 0. The number of nitrogens with zero attached hydrogens (tertiary/aromatic N) is 1. The minimum atomic E-state index is 0.0924. The average molecular weight is 332 g/mol. The summed E-state index contributed by atoms with van der Waals surface area (Å²) in [5.74, 6) is 0.631. The van der Waals surface area contributed by atoms with Crippen LogP contribution in [0.4, 0.5) is 0 Å². The highest BCUT2D eigenvalue weighted by molar-refractivity contribution is 5.76. The highest BCUT2D eigenvalue weighted by Crippen LogP contribution is 2.55. The van der Waals surface area contributed by atoms with Crippen LogP contribution < -0.4 is 0 Å². The van der Waals surface area contributed by atoms with Gasteiger partial charge in [-0.05, 0) is 70.4 Å². The Morgan fingerprint density at radius 1 is 1.17 bits per heavy atom. The van der Waals surface area contributed by atoms with Crippen molar-refractivity contribution >= 4 is 5.97 Å². The van der Waals surface area contributed by atoms with Crippen molar-refractivity contribution in [2.45, 2.75) is 77.7 Å². The first kappa shape index (κ1) is 16.6. The fourth-order valence-electron chi connectivity index (χ4n) is 5.92. The van der Waals surface area contributed by atoms with Crippen molar-refractivity contribution in [2.75, 3.05) is 19.6 Å². The SMILES string of the molecule is CC1=C2C[C@@H]3C(CN4CCCCCC4)C(=O)O[C@@H]3C[C@@]2(C)CCC1. The molecule has 0 aromatic rings. The van der Waals surface area contributed by atoms with Gasteiger partial charge in [0.1, 0.15) is 6.10 Å². The molecule has 4 aliphatic rings. The third kappa shape index (κ3) is 2.94. The van der Waals surface area contributed by atoms with Crippen molar-refractivity contribution < 1.29 is 9.53 Å². The van der Waals surface area contributed by atoms with Crippen LogP contribution in [0.25, 0.3) is 0 Å². The molecule has 24 heavy (non-hydrogen) atoms. The highest BCUT2D eigenvalue weighted by atomic mass is 16.6. The van der Waals surface area contributed by atoms with Crippen molar-refractivity contribution in [3.05, 3.63) is 11.1 Å². The van der Waals surface area contributed by atoms with Gasteiger partial charge in [0.15, 0.2) is 0 Å². The van der Waals surface area contributed by atoms with Crippen LogP contribution in [0.15, 0.2) is 11.1 Å². The maximum absolute atomic E-state index is 12.6. The van der Waals surface area contributed by atoms with Crippen molar-refractivity contribution in [1.82, 2.24) is 4.90 Å². The number of ether oxygens (including phenoxy) is 1. The van der Waals surface area contributed by atoms with Crippen LogP contribution in [0, 0.1) is 17.3 Å². The van der Waals surface area contributed by atoms with Gasteiger partial charge in [0.25, 0.3) is 0 Å². The molecule has 4 rings (SSSR count). The Kier molecular flexibility index (Phi) is 4.49. The standard InChI is InChI=1S/C21H33NO2/c1-15-8-7-9-21(2)13-19-16(12-18(15)21)17(20(23)24-19)14-22-10-5-3-4-6-11-22/h16-17,19H,3-14H2,1-2H3/t16-,17?,19-,21-/m1/s1. The van der Waals surface area contributed by atoms with Crippen LogP contribution in [0.5, 0.6) is 0 Å². The molecule has 2 aliphatic heterocycles. The Morgan fingerprint density at radius 2 is 1.92 bits per heavy atom. The van der Waals surface area contributed by atoms with Gasteiger partial charge < -0.3 is 9.64 Å². The van der Waals surface area contributed by atoms with Gasteiger partial charge in [0.2, 0.25) is 0 Å². The summed E-state index contributed by atoms with van der Waals surface area (Å²) in [6, 6.07) is 0. The third-order valence-electron chi connectivity index (χ3n) is 7.33. The lowest BCUT2D eigenvalue weighted by Crippen LogP contribution is -2.41. The molecule has 3 heteroatoms. The first-order valence-electron chi connectivity index (χ1n) is 10.2. The van der Waals surface area contributed by atoms with E-state index in [2.05, 4.69) is 18.7 Å². The van der Waals surface area contributed by atoms with Gasteiger partial charge in [-0.25, -0.2) is 0 Å². The zero-order valence-electron chi connectivity index (χ0n) is 15.5. The first-order valence-corrected chi connectivity index (χ1v) is 10.2. The van der Waals surface area contributed by atoms with Crippen LogP contribution in [0.2, 0.25) is 0 Å². The second-order valence-corrected chi connectivity index (χ2v) is 9.04. The Bertz CT molecular complexity index is 532. The summed E-state index contributed by atoms with van der Waals surface area (Å²) in [5, 5.41) is 0. The number of hydrogen-bond donors (Lipinski definition) is 0. The van der Waals surface area contributed by atoms with Crippen molar-refractivity contribution in [3.8, 4) is 0 Å². The molecular weight excluding hydrogens is 298 g/mol. The summed E-state index contributed by atoms with van der Waals surface area (Å²) in [6.45, 7) is 8.01. The molecule has 4 atom stereocenters. The number of esters is 1. The molecule has 0 bridgehead atoms. The normalized spacial score (nSPS) is 40.8. The maximum Gasteiger partial charge on any atom is 0.310 e. The van der Waals surface area contributed by atoms with Gasteiger partial charge >= 0.3 is 5.97 Å². The second-order valence-electron chi connectivity index (χ2n) is 9.04. The average Bonchev–Trinajstić information content (AvgIpc) is 2.72. The molecule has 2 aliphatic carbocycles. The second kappa shape index (κ2) is 6.48. The van der Waals surface area contributed by atoms with Gasteiger partial charge in [-0.3, -0.25) is 4.79 Å². The molecule has 3 fully saturated rings. The van der Waals surface area contributed by atoms with Gasteiger partial charge in [-0.15, -0.1) is 0 Å². The Hall–Kier alpha value is -0.830. The van der Waals surface area contributed by atoms with Gasteiger partial charge in [0, 0.05) is 12.5 Å². The number of rotatable bonds is 2. The van der Waals surface area contributed by atoms with E-state index in [4.69, 9.17) is 4.74 Å². The van der Waals surface area contributed by atoms with Crippen molar-refractivity contribution in [2.24, 2.45) is 17.3 Å². The predicted molar refractivity (Wildman–Crippen MR) is 95.7 cm³/mol. The van der Waals surface area contributed by atoms with Gasteiger partial charge in [0.05, 0.1) is 5.92 Å². The number of likely N-dealkylation sites (tertiary alicyclic amines) is 1. The van der Waals surface area contributed by atoms with Crippen LogP contribution >= 0.6 is 0 Å². The fraction of sp³-hybridized carbons (Fsp3) is 0.857. The highest BCUT2D eigenvalue weighted by Gasteiger charge is 2.53. The summed E-state index contributed by atoms with van der Waals surface area (Å²) < 4.78 is 5.91. The third-order valence-corrected chi connectivity index (χ3v) is 7.33. The van der Waals surface area contributed by atoms with E-state index in [9.17, 15) is 4.79 Å². The van der Waals surface area contributed by atoms with Crippen LogP contribution in [0.1, 0.15) is 71.6 Å². The lowest BCUT2D eigenvalue weighted by Gasteiger charge is -2.46. The van der Waals surface area contributed by atoms with Crippen molar-refractivity contribution in [3.63, 3.8) is 0 Å². The molecule has 0 amide bonds. The molecular formula is C21H33NO2. The van der Waals surface area contributed by atoms with Crippen LogP contribution in [0.3, 0.4) is 0 Å². The maximum atomic E-state index is 12.6. The molecule has 3 nitrogen and oxygen atoms in total. The predicted octanol–water partition coefficient (Wildman–Crippen LogP) is 4.32. The largest absolute Gasteiger partial charge is 0.462 e. The molecule has 2 heterocycles. The van der Waals surface area contributed by atoms with E-state index in [1.807, 2.05) is 0 Å². The fourth-order valence-corrected chi connectivity index (χ4v) is 5.92. The summed E-state index contributed by atoms with van der Waals surface area (Å²) in [6.07, 6.45) is 11.5. The van der Waals surface area contributed by atoms with E-state index in [1.165, 1.54) is 58.0 Å². The van der Waals surface area contributed by atoms with E-state index >= 15 is 0 Å². The Balaban J connectivity index is 1.52. The number of allylic oxidation sites excluding steroid dienone is 2. The minimum Gasteiger partial charge on any atom is -0.462 e. The molecule has 1 unspecified atom stereocenters. The number of carbonyl (C=O) groups is 1. The molecule has 0 aromatic carbocycles. The lowest BCUT2D eigenvalue weighted by molar-refractivity contribution is -0.145. The molecule has 0 spiro atoms. The Labute approximate surface area is 146 Å². The molecule has 0 N–H and O–H groups in total. The topological polar surface area (TPSA) is 29.5 Å². The molecule has 0 radical (unpaired) electrons. The summed E-state index contributed by atoms with van der Waals surface area (Å²) in [5.41, 5.74) is 3.57. The Morgan fingerprint density at radius 3 is 2.67 bits per heavy atom. The first-order chi connectivity index (χ1) is 11.6. The molecule has 134 valence electrons. The zero-order chi connectivity index (χ0) is 16.7. The number of hydrogen-bond acceptors (Lipinski definition) is 3. The van der Waals surface area contributed by atoms with E-state index in [-0.39, 0.29) is 18.0 Å². The number of carbonyl (C=O) groups excluding carboxylic acids is 1. The van der Waals surface area contributed by atoms with Crippen LogP contribution in [-0.2, 0) is 9.53 Å². The molecule has 1 saturated carbocycles. The van der Waals surface area contributed by atoms with Crippen LogP contribution in [-0.4, -0.2) is 36.6 Å². The lowest BCUT2D eigenvalue weighted by atomic mass is 9.59.